The summed E-state index contributed by atoms with van der Waals surface area (Å²) in [4.78, 5) is 11.4. The standard InChI is InChI=1S/C73H102BN3/c1-63(2,3)47-25-28-51(29-26-47)77-57-30-27-48(64(4,5)6)42-55(57)74-56-43-53-54(73(69(19,20)21,70(22,23)24)38-37-72(53,67(13,14)15)68(16,17)18)44-58(56)76(52-40-49(65(7,8)9)39-50(41-52)66(10,11)12)59-45-60(75-62(77)61(59)74)71-34-31-46(32-35-71)33-36-71/h25-30,39-46H,31-38H2,1-24H3/i45D. The Hall–Kier alpha value is -4.31. The van der Waals surface area contributed by atoms with E-state index in [1.54, 1.807) is 0 Å². The number of hydrogen-bond donors (Lipinski definition) is 0. The lowest BCUT2D eigenvalue weighted by Crippen LogP contribution is -2.64. The van der Waals surface area contributed by atoms with Crippen molar-refractivity contribution in [1.29, 1.82) is 0 Å². The van der Waals surface area contributed by atoms with Crippen LogP contribution < -0.4 is 26.2 Å². The molecule has 3 nitrogen and oxygen atoms in total. The Bertz CT molecular complexity index is 3100. The van der Waals surface area contributed by atoms with Crippen molar-refractivity contribution in [3.05, 3.63) is 118 Å². The van der Waals surface area contributed by atoms with Crippen LogP contribution in [0.15, 0.2) is 78.8 Å². The molecule has 0 atom stereocenters. The van der Waals surface area contributed by atoms with Gasteiger partial charge in [-0.05, 0) is 193 Å². The van der Waals surface area contributed by atoms with Crippen LogP contribution >= 0.6 is 0 Å². The summed E-state index contributed by atoms with van der Waals surface area (Å²) in [6.45, 7) is 58.6. The first kappa shape index (κ1) is 54.6. The fraction of sp³-hybridized carbons (Fsp3) is 0.603. The first-order valence-electron chi connectivity index (χ1n) is 30.8. The molecule has 11 rings (SSSR count). The molecule has 0 amide bonds. The lowest BCUT2D eigenvalue weighted by Gasteiger charge is -2.65. The summed E-state index contributed by atoms with van der Waals surface area (Å²) in [6.07, 6.45) is 9.17. The summed E-state index contributed by atoms with van der Waals surface area (Å²) in [6, 6.07) is 30.6. The van der Waals surface area contributed by atoms with E-state index in [9.17, 15) is 1.37 Å². The Morgan fingerprint density at radius 1 is 0.442 bits per heavy atom. The van der Waals surface area contributed by atoms with Gasteiger partial charge in [-0.3, -0.25) is 4.90 Å². The summed E-state index contributed by atoms with van der Waals surface area (Å²) < 4.78 is 11.3. The van der Waals surface area contributed by atoms with E-state index in [1.165, 1.54) is 80.4 Å². The number of rotatable bonds is 3. The molecule has 4 heteroatoms. The predicted molar refractivity (Wildman–Crippen MR) is 336 cm³/mol. The van der Waals surface area contributed by atoms with Crippen LogP contribution in [-0.4, -0.2) is 11.7 Å². The van der Waals surface area contributed by atoms with E-state index in [4.69, 9.17) is 4.98 Å². The van der Waals surface area contributed by atoms with Crippen LogP contribution in [0, 0.1) is 27.6 Å². The molecule has 0 radical (unpaired) electrons. The third-order valence-electron chi connectivity index (χ3n) is 21.3. The lowest BCUT2D eigenvalue weighted by atomic mass is 9.32. The molecule has 3 heterocycles. The average molecular weight is 1030 g/mol. The molecule has 3 fully saturated rings. The smallest absolute Gasteiger partial charge is 0.254 e. The van der Waals surface area contributed by atoms with Crippen LogP contribution in [0.3, 0.4) is 0 Å². The van der Waals surface area contributed by atoms with E-state index in [1.807, 2.05) is 0 Å². The zero-order valence-corrected chi connectivity index (χ0v) is 53.1. The fourth-order valence-electron chi connectivity index (χ4n) is 17.1. The highest BCUT2D eigenvalue weighted by Crippen LogP contribution is 2.69. The monoisotopic (exact) mass is 1030 g/mol. The number of hydrogen-bond acceptors (Lipinski definition) is 3. The second kappa shape index (κ2) is 17.4. The number of nitrogens with zero attached hydrogens (tertiary/aromatic N) is 3. The zero-order valence-electron chi connectivity index (χ0n) is 54.1. The average Bonchev–Trinajstić information content (AvgIpc) is 2.49. The van der Waals surface area contributed by atoms with Gasteiger partial charge >= 0.3 is 0 Å². The molecule has 412 valence electrons. The van der Waals surface area contributed by atoms with Gasteiger partial charge in [-0.15, -0.1) is 0 Å². The van der Waals surface area contributed by atoms with Gasteiger partial charge in [0.1, 0.15) is 5.82 Å². The molecule has 2 bridgehead atoms. The van der Waals surface area contributed by atoms with Crippen molar-refractivity contribution >= 4 is 57.4 Å². The molecular formula is C73H102BN3. The van der Waals surface area contributed by atoms with E-state index in [2.05, 4.69) is 249 Å². The summed E-state index contributed by atoms with van der Waals surface area (Å²) in [5.74, 6) is 1.79. The Kier molecular flexibility index (Phi) is 12.3. The molecule has 1 aromatic heterocycles. The van der Waals surface area contributed by atoms with Crippen LogP contribution in [-0.2, 0) is 37.9 Å². The number of benzene rings is 4. The molecule has 5 aromatic rings. The minimum Gasteiger partial charge on any atom is -0.311 e. The van der Waals surface area contributed by atoms with Crippen LogP contribution in [0.2, 0.25) is 0 Å². The minimum absolute atomic E-state index is 0.00518. The maximum atomic E-state index is 11.3. The molecule has 6 aliphatic rings. The molecule has 3 saturated carbocycles. The van der Waals surface area contributed by atoms with Crippen molar-refractivity contribution in [2.24, 2.45) is 27.6 Å². The molecule has 0 unspecified atom stereocenters. The van der Waals surface area contributed by atoms with Crippen molar-refractivity contribution in [2.45, 2.75) is 255 Å². The first-order valence-corrected chi connectivity index (χ1v) is 30.3. The van der Waals surface area contributed by atoms with Gasteiger partial charge in [0, 0.05) is 44.7 Å². The van der Waals surface area contributed by atoms with Crippen LogP contribution in [0.25, 0.3) is 0 Å². The number of aromatic nitrogens is 1. The highest BCUT2D eigenvalue weighted by molar-refractivity contribution is 7.00. The van der Waals surface area contributed by atoms with E-state index in [0.717, 1.165) is 66.6 Å². The van der Waals surface area contributed by atoms with Gasteiger partial charge in [0.25, 0.3) is 6.71 Å². The molecular weight excluding hydrogens is 930 g/mol. The Labute approximate surface area is 472 Å². The Balaban J connectivity index is 1.47. The minimum atomic E-state index is -0.182. The van der Waals surface area contributed by atoms with Gasteiger partial charge in [-0.1, -0.05) is 203 Å². The van der Waals surface area contributed by atoms with Crippen molar-refractivity contribution < 1.29 is 1.37 Å². The molecule has 0 saturated heterocycles. The quantitative estimate of drug-likeness (QED) is 0.164. The number of pyridine rings is 1. The Morgan fingerprint density at radius 3 is 1.34 bits per heavy atom. The summed E-state index contributed by atoms with van der Waals surface area (Å²) in [7, 11) is 0. The van der Waals surface area contributed by atoms with Gasteiger partial charge in [0.2, 0.25) is 0 Å². The van der Waals surface area contributed by atoms with Crippen molar-refractivity contribution in [2.75, 3.05) is 9.80 Å². The zero-order chi connectivity index (χ0) is 57.5. The number of fused-ring (bicyclic) bond motifs is 8. The van der Waals surface area contributed by atoms with Crippen LogP contribution in [0.5, 0.6) is 0 Å². The van der Waals surface area contributed by atoms with Crippen LogP contribution in [0.4, 0.5) is 34.3 Å². The molecule has 0 spiro atoms. The van der Waals surface area contributed by atoms with Crippen molar-refractivity contribution in [1.82, 2.24) is 4.98 Å². The topological polar surface area (TPSA) is 19.4 Å². The van der Waals surface area contributed by atoms with Gasteiger partial charge in [0.05, 0.1) is 7.06 Å². The second-order valence-corrected chi connectivity index (χ2v) is 33.9. The van der Waals surface area contributed by atoms with E-state index in [0.29, 0.717) is 6.04 Å². The van der Waals surface area contributed by atoms with E-state index < -0.39 is 0 Å². The molecule has 4 aromatic carbocycles. The fourth-order valence-corrected chi connectivity index (χ4v) is 17.1. The number of anilines is 6. The van der Waals surface area contributed by atoms with Gasteiger partial charge in [0.15, 0.2) is 0 Å². The second-order valence-electron chi connectivity index (χ2n) is 33.9. The largest absolute Gasteiger partial charge is 0.311 e. The molecule has 0 N–H and O–H groups in total. The van der Waals surface area contributed by atoms with E-state index in [-0.39, 0.29) is 66.3 Å². The van der Waals surface area contributed by atoms with Gasteiger partial charge in [-0.2, -0.15) is 0 Å². The SMILES string of the molecule is [2H]c1c(C23CCC(CC2)CC3)nc2c3c1N(c1cc(C(C)(C)C)cc(C(C)(C)C)c1)c1cc4c(cc1B3c1cc(C(C)(C)C)ccc1N2c1ccc(C(C)(C)C)cc1)C(C(C)(C)C)(C(C)(C)C)CCC4(C(C)(C)C)C(C)(C)C. The molecule has 4 aliphatic carbocycles. The van der Waals surface area contributed by atoms with Crippen LogP contribution in [0.1, 0.15) is 258 Å². The highest BCUT2D eigenvalue weighted by atomic mass is 15.2. The Morgan fingerprint density at radius 2 is 0.883 bits per heavy atom. The first-order chi connectivity index (χ1) is 35.6. The lowest BCUT2D eigenvalue weighted by molar-refractivity contribution is -0.0310. The van der Waals surface area contributed by atoms with Gasteiger partial charge < -0.3 is 4.90 Å². The maximum absolute atomic E-state index is 11.3. The third-order valence-corrected chi connectivity index (χ3v) is 21.3. The van der Waals surface area contributed by atoms with Gasteiger partial charge in [-0.25, -0.2) is 4.98 Å². The highest BCUT2D eigenvalue weighted by Gasteiger charge is 2.63. The maximum Gasteiger partial charge on any atom is 0.254 e. The van der Waals surface area contributed by atoms with Crippen molar-refractivity contribution in [3.63, 3.8) is 0 Å². The predicted octanol–water partition coefficient (Wildman–Crippen LogP) is 19.0. The van der Waals surface area contributed by atoms with E-state index >= 15 is 0 Å². The van der Waals surface area contributed by atoms with Crippen molar-refractivity contribution in [3.8, 4) is 0 Å². The molecule has 77 heavy (non-hydrogen) atoms. The molecule has 2 aliphatic heterocycles. The normalized spacial score (nSPS) is 21.6. The summed E-state index contributed by atoms with van der Waals surface area (Å²) in [5.41, 5.74) is 17.8. The third kappa shape index (κ3) is 8.56. The summed E-state index contributed by atoms with van der Waals surface area (Å²) in [5, 5.41) is 0. The summed E-state index contributed by atoms with van der Waals surface area (Å²) >= 11 is 0.